The summed E-state index contributed by atoms with van der Waals surface area (Å²) in [6.07, 6.45) is 2.46. The van der Waals surface area contributed by atoms with E-state index in [1.165, 1.54) is 0 Å². The summed E-state index contributed by atoms with van der Waals surface area (Å²) in [5.74, 6) is -0.924. The van der Waals surface area contributed by atoms with Crippen LogP contribution in [-0.2, 0) is 6.42 Å². The van der Waals surface area contributed by atoms with Gasteiger partial charge < -0.3 is 5.11 Å². The molecule has 0 aliphatic heterocycles. The monoisotopic (exact) mass is 218 g/mol. The Morgan fingerprint density at radius 3 is 2.69 bits per heavy atom. The maximum atomic E-state index is 11.2. The lowest BCUT2D eigenvalue weighted by Gasteiger charge is -2.02. The van der Waals surface area contributed by atoms with Gasteiger partial charge in [-0.2, -0.15) is 0 Å². The van der Waals surface area contributed by atoms with E-state index in [0.29, 0.717) is 17.8 Å². The van der Waals surface area contributed by atoms with E-state index in [0.717, 1.165) is 11.1 Å². The van der Waals surface area contributed by atoms with Crippen LogP contribution in [0.4, 0.5) is 0 Å². The molecule has 0 spiro atoms. The summed E-state index contributed by atoms with van der Waals surface area (Å²) < 4.78 is 1.66. The Hall–Kier alpha value is -1.84. The minimum atomic E-state index is -0.924. The van der Waals surface area contributed by atoms with Crippen LogP contribution in [0.25, 0.3) is 5.65 Å². The Labute approximate surface area is 93.5 Å². The molecule has 0 saturated heterocycles. The van der Waals surface area contributed by atoms with Crippen LogP contribution in [0.5, 0.6) is 0 Å². The minimum absolute atomic E-state index is 0.278. The quantitative estimate of drug-likeness (QED) is 0.840. The molecule has 2 aromatic rings. The van der Waals surface area contributed by atoms with Crippen molar-refractivity contribution in [2.24, 2.45) is 0 Å². The van der Waals surface area contributed by atoms with Gasteiger partial charge in [0.2, 0.25) is 0 Å². The first-order valence-corrected chi connectivity index (χ1v) is 5.26. The van der Waals surface area contributed by atoms with E-state index < -0.39 is 5.97 Å². The molecule has 4 nitrogen and oxygen atoms in total. The summed E-state index contributed by atoms with van der Waals surface area (Å²) in [5, 5.41) is 9.18. The number of imidazole rings is 1. The number of pyridine rings is 1. The number of carboxylic acid groups (broad SMARTS) is 1. The second kappa shape index (κ2) is 3.63. The van der Waals surface area contributed by atoms with Crippen LogP contribution in [-0.4, -0.2) is 20.5 Å². The van der Waals surface area contributed by atoms with Crippen LogP contribution in [0, 0.1) is 13.8 Å². The molecule has 2 heterocycles. The smallest absolute Gasteiger partial charge is 0.354 e. The fraction of sp³-hybridized carbons (Fsp3) is 0.333. The SMILES string of the molecule is CCc1nc2cc(C)c(C)cn2c1C(=O)O. The standard InChI is InChI=1S/C12H14N2O2/c1-4-9-11(12(15)16)14-6-8(3)7(2)5-10(14)13-9/h5-6H,4H2,1-3H3,(H,15,16). The van der Waals surface area contributed by atoms with Gasteiger partial charge in [0.05, 0.1) is 5.69 Å². The van der Waals surface area contributed by atoms with Gasteiger partial charge in [0.25, 0.3) is 0 Å². The van der Waals surface area contributed by atoms with Crippen molar-refractivity contribution in [1.82, 2.24) is 9.38 Å². The van der Waals surface area contributed by atoms with Crippen molar-refractivity contribution in [3.63, 3.8) is 0 Å². The maximum Gasteiger partial charge on any atom is 0.354 e. The van der Waals surface area contributed by atoms with E-state index in [1.54, 1.807) is 4.40 Å². The Balaban J connectivity index is 2.84. The van der Waals surface area contributed by atoms with E-state index in [1.807, 2.05) is 33.0 Å². The van der Waals surface area contributed by atoms with Crippen molar-refractivity contribution in [2.75, 3.05) is 0 Å². The Kier molecular flexibility index (Phi) is 2.42. The van der Waals surface area contributed by atoms with E-state index in [4.69, 9.17) is 0 Å². The van der Waals surface area contributed by atoms with E-state index >= 15 is 0 Å². The molecule has 0 radical (unpaired) electrons. The van der Waals surface area contributed by atoms with Crippen LogP contribution in [0.15, 0.2) is 12.3 Å². The summed E-state index contributed by atoms with van der Waals surface area (Å²) in [4.78, 5) is 15.5. The molecular formula is C12H14N2O2. The largest absolute Gasteiger partial charge is 0.477 e. The third-order valence-electron chi connectivity index (χ3n) is 2.84. The van der Waals surface area contributed by atoms with E-state index in [2.05, 4.69) is 4.98 Å². The van der Waals surface area contributed by atoms with Gasteiger partial charge in [0.1, 0.15) is 5.65 Å². The first-order chi connectivity index (χ1) is 7.54. The number of aryl methyl sites for hydroxylation is 3. The molecule has 0 amide bonds. The topological polar surface area (TPSA) is 54.6 Å². The summed E-state index contributed by atoms with van der Waals surface area (Å²) in [6.45, 7) is 5.87. The number of fused-ring (bicyclic) bond motifs is 1. The number of carbonyl (C=O) groups is 1. The van der Waals surface area contributed by atoms with Crippen LogP contribution in [0.1, 0.15) is 34.2 Å². The molecule has 0 saturated carbocycles. The zero-order valence-electron chi connectivity index (χ0n) is 9.61. The highest BCUT2D eigenvalue weighted by molar-refractivity contribution is 5.88. The highest BCUT2D eigenvalue weighted by Gasteiger charge is 2.17. The minimum Gasteiger partial charge on any atom is -0.477 e. The highest BCUT2D eigenvalue weighted by atomic mass is 16.4. The van der Waals surface area contributed by atoms with Crippen molar-refractivity contribution in [3.05, 3.63) is 34.8 Å². The van der Waals surface area contributed by atoms with Gasteiger partial charge in [0.15, 0.2) is 5.69 Å². The van der Waals surface area contributed by atoms with Gasteiger partial charge in [-0.25, -0.2) is 9.78 Å². The predicted octanol–water partition coefficient (Wildman–Crippen LogP) is 2.21. The molecule has 0 atom stereocenters. The van der Waals surface area contributed by atoms with Crippen LogP contribution in [0.2, 0.25) is 0 Å². The lowest BCUT2D eigenvalue weighted by atomic mass is 10.2. The number of hydrogen-bond donors (Lipinski definition) is 1. The molecule has 0 aliphatic carbocycles. The fourth-order valence-electron chi connectivity index (χ4n) is 1.81. The van der Waals surface area contributed by atoms with Gasteiger partial charge in [-0.3, -0.25) is 4.40 Å². The van der Waals surface area contributed by atoms with Crippen molar-refractivity contribution in [3.8, 4) is 0 Å². The van der Waals surface area contributed by atoms with Crippen molar-refractivity contribution in [2.45, 2.75) is 27.2 Å². The number of aromatic carboxylic acids is 1. The van der Waals surface area contributed by atoms with Crippen molar-refractivity contribution in [1.29, 1.82) is 0 Å². The third kappa shape index (κ3) is 1.46. The highest BCUT2D eigenvalue weighted by Crippen LogP contribution is 2.17. The fourth-order valence-corrected chi connectivity index (χ4v) is 1.81. The van der Waals surface area contributed by atoms with Crippen LogP contribution < -0.4 is 0 Å². The molecular weight excluding hydrogens is 204 g/mol. The zero-order valence-corrected chi connectivity index (χ0v) is 9.61. The van der Waals surface area contributed by atoms with Crippen molar-refractivity contribution < 1.29 is 9.90 Å². The lowest BCUT2D eigenvalue weighted by Crippen LogP contribution is -2.05. The Bertz CT molecular complexity index is 570. The van der Waals surface area contributed by atoms with Crippen LogP contribution in [0.3, 0.4) is 0 Å². The molecule has 0 aliphatic rings. The first kappa shape index (κ1) is 10.7. The second-order valence-electron chi connectivity index (χ2n) is 3.93. The van der Waals surface area contributed by atoms with Gasteiger partial charge >= 0.3 is 5.97 Å². The summed E-state index contributed by atoms with van der Waals surface area (Å²) in [5.41, 5.74) is 3.81. The van der Waals surface area contributed by atoms with Gasteiger partial charge in [-0.05, 0) is 37.5 Å². The van der Waals surface area contributed by atoms with E-state index in [9.17, 15) is 9.90 Å². The molecule has 2 aromatic heterocycles. The predicted molar refractivity (Wildman–Crippen MR) is 61.0 cm³/mol. The Morgan fingerprint density at radius 2 is 2.12 bits per heavy atom. The summed E-state index contributed by atoms with van der Waals surface area (Å²) >= 11 is 0. The molecule has 4 heteroatoms. The van der Waals surface area contributed by atoms with E-state index in [-0.39, 0.29) is 5.69 Å². The average Bonchev–Trinajstić information content (AvgIpc) is 2.56. The van der Waals surface area contributed by atoms with Gasteiger partial charge in [-0.15, -0.1) is 0 Å². The molecule has 0 bridgehead atoms. The third-order valence-corrected chi connectivity index (χ3v) is 2.84. The average molecular weight is 218 g/mol. The molecule has 0 fully saturated rings. The molecule has 2 rings (SSSR count). The maximum absolute atomic E-state index is 11.2. The summed E-state index contributed by atoms with van der Waals surface area (Å²) in [6, 6.07) is 1.92. The molecule has 0 aromatic carbocycles. The summed E-state index contributed by atoms with van der Waals surface area (Å²) in [7, 11) is 0. The number of rotatable bonds is 2. The molecule has 0 unspecified atom stereocenters. The number of carboxylic acids is 1. The molecule has 84 valence electrons. The van der Waals surface area contributed by atoms with Crippen LogP contribution >= 0.6 is 0 Å². The normalized spacial score (nSPS) is 10.9. The first-order valence-electron chi connectivity index (χ1n) is 5.26. The van der Waals surface area contributed by atoms with Gasteiger partial charge in [0, 0.05) is 6.20 Å². The molecule has 1 N–H and O–H groups in total. The lowest BCUT2D eigenvalue weighted by molar-refractivity contribution is 0.0688. The van der Waals surface area contributed by atoms with Crippen molar-refractivity contribution >= 4 is 11.6 Å². The Morgan fingerprint density at radius 1 is 1.44 bits per heavy atom. The number of aromatic nitrogens is 2. The van der Waals surface area contributed by atoms with Gasteiger partial charge in [-0.1, -0.05) is 6.92 Å². The number of nitrogens with zero attached hydrogens (tertiary/aromatic N) is 2. The molecule has 16 heavy (non-hydrogen) atoms. The zero-order chi connectivity index (χ0) is 11.9. The number of hydrogen-bond acceptors (Lipinski definition) is 2. The second-order valence-corrected chi connectivity index (χ2v) is 3.93.